The summed E-state index contributed by atoms with van der Waals surface area (Å²) in [6.45, 7) is 4.83. The van der Waals surface area contributed by atoms with Gasteiger partial charge >= 0.3 is 6.09 Å². The van der Waals surface area contributed by atoms with E-state index < -0.39 is 12.1 Å². The normalized spacial score (nSPS) is 33.8. The van der Waals surface area contributed by atoms with E-state index in [1.807, 2.05) is 0 Å². The van der Waals surface area contributed by atoms with E-state index in [9.17, 15) is 19.8 Å². The van der Waals surface area contributed by atoms with E-state index in [1.165, 1.54) is 6.20 Å². The lowest BCUT2D eigenvalue weighted by Crippen LogP contribution is -2.58. The van der Waals surface area contributed by atoms with Crippen LogP contribution in [0.2, 0.25) is 0 Å². The second-order valence-electron chi connectivity index (χ2n) is 8.08. The van der Waals surface area contributed by atoms with Gasteiger partial charge in [0.05, 0.1) is 31.1 Å². The third-order valence-electron chi connectivity index (χ3n) is 6.49. The van der Waals surface area contributed by atoms with Crippen LogP contribution in [0.15, 0.2) is 11.9 Å². The second-order valence-corrected chi connectivity index (χ2v) is 8.08. The molecule has 1 aliphatic carbocycles. The first-order valence-electron chi connectivity index (χ1n) is 9.44. The molecule has 0 aromatic carbocycles. The number of amides is 2. The van der Waals surface area contributed by atoms with E-state index in [1.54, 1.807) is 11.8 Å². The molecule has 3 atom stereocenters. The standard InChI is InChI=1S/C18H27N3O5/c1-12-16(23)21-13(10-26-11-14(21)8-20(12)17(24)25)2-6-19-7-5-18(3-4-18)15(22)9-19/h8,12-13,15,22H,2-7,9-11H2,1H3,(H,24,25)/t12-,13-,15?/m0/s1. The summed E-state index contributed by atoms with van der Waals surface area (Å²) >= 11 is 0. The molecule has 144 valence electrons. The first-order chi connectivity index (χ1) is 12.4. The number of rotatable bonds is 3. The van der Waals surface area contributed by atoms with Crippen LogP contribution in [-0.2, 0) is 9.53 Å². The number of carboxylic acid groups (broad SMARTS) is 1. The number of piperidine rings is 1. The van der Waals surface area contributed by atoms with Crippen molar-refractivity contribution >= 4 is 12.0 Å². The molecule has 0 radical (unpaired) electrons. The number of carbonyl (C=O) groups excluding carboxylic acids is 1. The van der Waals surface area contributed by atoms with Gasteiger partial charge in [0.1, 0.15) is 6.04 Å². The van der Waals surface area contributed by atoms with Crippen LogP contribution in [0, 0.1) is 5.41 Å². The molecule has 2 amide bonds. The molecule has 4 aliphatic rings. The Morgan fingerprint density at radius 2 is 2.15 bits per heavy atom. The fraction of sp³-hybridized carbons (Fsp3) is 0.778. The summed E-state index contributed by atoms with van der Waals surface area (Å²) in [6.07, 6.45) is 4.24. The summed E-state index contributed by atoms with van der Waals surface area (Å²) in [5.74, 6) is -0.186. The minimum Gasteiger partial charge on any atom is -0.465 e. The van der Waals surface area contributed by atoms with Gasteiger partial charge in [-0.1, -0.05) is 0 Å². The molecule has 2 saturated heterocycles. The number of nitrogens with zero attached hydrogens (tertiary/aromatic N) is 3. The van der Waals surface area contributed by atoms with Crippen molar-refractivity contribution in [3.05, 3.63) is 11.9 Å². The van der Waals surface area contributed by atoms with Crippen LogP contribution in [0.5, 0.6) is 0 Å². The van der Waals surface area contributed by atoms with Gasteiger partial charge in [0.25, 0.3) is 0 Å². The van der Waals surface area contributed by atoms with Crippen molar-refractivity contribution < 1.29 is 24.5 Å². The Morgan fingerprint density at radius 3 is 2.81 bits per heavy atom. The molecule has 26 heavy (non-hydrogen) atoms. The highest BCUT2D eigenvalue weighted by Gasteiger charge is 2.51. The lowest BCUT2D eigenvalue weighted by Gasteiger charge is -2.44. The summed E-state index contributed by atoms with van der Waals surface area (Å²) in [4.78, 5) is 29.1. The van der Waals surface area contributed by atoms with Crippen LogP contribution >= 0.6 is 0 Å². The van der Waals surface area contributed by atoms with Gasteiger partial charge in [-0.15, -0.1) is 0 Å². The zero-order chi connectivity index (χ0) is 18.5. The number of β-amino-alcohol motifs (C(OH)–C–C–N with tert-alkyl or cyclic N) is 1. The fourth-order valence-corrected chi connectivity index (χ4v) is 4.48. The van der Waals surface area contributed by atoms with Crippen molar-refractivity contribution in [3.8, 4) is 0 Å². The van der Waals surface area contributed by atoms with Gasteiger partial charge in [0, 0.05) is 19.3 Å². The third-order valence-corrected chi connectivity index (χ3v) is 6.49. The molecule has 4 rings (SSSR count). The number of aliphatic hydroxyl groups excluding tert-OH is 1. The number of morpholine rings is 1. The first kappa shape index (κ1) is 17.8. The van der Waals surface area contributed by atoms with E-state index in [2.05, 4.69) is 4.90 Å². The van der Waals surface area contributed by atoms with Gasteiger partial charge in [-0.25, -0.2) is 4.79 Å². The van der Waals surface area contributed by atoms with E-state index in [4.69, 9.17) is 4.74 Å². The van der Waals surface area contributed by atoms with Gasteiger partial charge in [0.15, 0.2) is 0 Å². The quantitative estimate of drug-likeness (QED) is 0.764. The molecular weight excluding hydrogens is 338 g/mol. The van der Waals surface area contributed by atoms with Gasteiger partial charge in [0.2, 0.25) is 5.91 Å². The van der Waals surface area contributed by atoms with Gasteiger partial charge in [-0.05, 0) is 44.6 Å². The minimum atomic E-state index is -1.13. The minimum absolute atomic E-state index is 0.0881. The maximum atomic E-state index is 12.8. The summed E-state index contributed by atoms with van der Waals surface area (Å²) in [5.41, 5.74) is 0.807. The molecule has 1 unspecified atom stereocenters. The summed E-state index contributed by atoms with van der Waals surface area (Å²) in [7, 11) is 0. The van der Waals surface area contributed by atoms with Gasteiger partial charge < -0.3 is 24.7 Å². The summed E-state index contributed by atoms with van der Waals surface area (Å²) < 4.78 is 5.62. The molecule has 1 spiro atoms. The number of fused-ring (bicyclic) bond motifs is 1. The monoisotopic (exact) mass is 365 g/mol. The van der Waals surface area contributed by atoms with Crippen molar-refractivity contribution in [3.63, 3.8) is 0 Å². The van der Waals surface area contributed by atoms with Crippen LogP contribution in [0.1, 0.15) is 32.6 Å². The highest BCUT2D eigenvalue weighted by Crippen LogP contribution is 2.53. The molecule has 1 saturated carbocycles. The number of likely N-dealkylation sites (tertiary alicyclic amines) is 1. The van der Waals surface area contributed by atoms with Crippen molar-refractivity contribution in [1.29, 1.82) is 0 Å². The predicted octanol–water partition coefficient (Wildman–Crippen LogP) is 0.674. The van der Waals surface area contributed by atoms with Crippen LogP contribution < -0.4 is 0 Å². The molecular formula is C18H27N3O5. The molecule has 3 heterocycles. The Bertz CT molecular complexity index is 632. The summed E-state index contributed by atoms with van der Waals surface area (Å²) in [5, 5.41) is 19.6. The van der Waals surface area contributed by atoms with Gasteiger partial charge in [-0.3, -0.25) is 9.69 Å². The average Bonchev–Trinajstić information content (AvgIpc) is 3.39. The van der Waals surface area contributed by atoms with Crippen molar-refractivity contribution in [2.45, 2.75) is 50.8 Å². The zero-order valence-corrected chi connectivity index (χ0v) is 15.1. The van der Waals surface area contributed by atoms with Crippen LogP contribution in [0.25, 0.3) is 0 Å². The Kier molecular flexibility index (Phi) is 4.45. The lowest BCUT2D eigenvalue weighted by atomic mass is 9.90. The van der Waals surface area contributed by atoms with Gasteiger partial charge in [-0.2, -0.15) is 0 Å². The Labute approximate surface area is 153 Å². The lowest BCUT2D eigenvalue weighted by molar-refractivity contribution is -0.142. The van der Waals surface area contributed by atoms with E-state index in [-0.39, 0.29) is 30.1 Å². The zero-order valence-electron chi connectivity index (χ0n) is 15.1. The molecule has 0 aromatic rings. The van der Waals surface area contributed by atoms with Crippen LogP contribution in [-0.4, -0.2) is 87.9 Å². The van der Waals surface area contributed by atoms with E-state index in [0.29, 0.717) is 18.8 Å². The first-order valence-corrected chi connectivity index (χ1v) is 9.44. The maximum Gasteiger partial charge on any atom is 0.412 e. The van der Waals surface area contributed by atoms with Crippen LogP contribution in [0.3, 0.4) is 0 Å². The number of carbonyl (C=O) groups is 2. The SMILES string of the molecule is C[C@H]1C(=O)N2C(=CN1C(=O)O)COC[C@@H]2CCN1CCC2(CC2)C(O)C1. The third kappa shape index (κ3) is 3.00. The van der Waals surface area contributed by atoms with Crippen molar-refractivity contribution in [2.24, 2.45) is 5.41 Å². The number of hydrogen-bond acceptors (Lipinski definition) is 5. The fourth-order valence-electron chi connectivity index (χ4n) is 4.48. The van der Waals surface area contributed by atoms with Crippen molar-refractivity contribution in [1.82, 2.24) is 14.7 Å². The number of hydrogen-bond donors (Lipinski definition) is 2. The topological polar surface area (TPSA) is 93.6 Å². The van der Waals surface area contributed by atoms with Crippen LogP contribution in [0.4, 0.5) is 4.79 Å². The van der Waals surface area contributed by atoms with E-state index >= 15 is 0 Å². The Morgan fingerprint density at radius 1 is 1.38 bits per heavy atom. The molecule has 8 nitrogen and oxygen atoms in total. The molecule has 8 heteroatoms. The molecule has 3 fully saturated rings. The second kappa shape index (κ2) is 6.51. The van der Waals surface area contributed by atoms with E-state index in [0.717, 1.165) is 43.7 Å². The summed E-state index contributed by atoms with van der Waals surface area (Å²) in [6, 6.07) is -0.807. The molecule has 0 aromatic heterocycles. The van der Waals surface area contributed by atoms with Crippen molar-refractivity contribution in [2.75, 3.05) is 32.8 Å². The number of aliphatic hydroxyl groups is 1. The highest BCUT2D eigenvalue weighted by molar-refractivity contribution is 5.88. The number of ether oxygens (including phenoxy) is 1. The smallest absolute Gasteiger partial charge is 0.412 e. The average molecular weight is 365 g/mol. The predicted molar refractivity (Wildman–Crippen MR) is 92.2 cm³/mol. The largest absolute Gasteiger partial charge is 0.465 e. The Balaban J connectivity index is 1.40. The highest BCUT2D eigenvalue weighted by atomic mass is 16.5. The molecule has 2 N–H and O–H groups in total. The maximum absolute atomic E-state index is 12.8. The molecule has 0 bridgehead atoms. The Hall–Kier alpha value is -1.64. The molecule has 3 aliphatic heterocycles.